The van der Waals surface area contributed by atoms with Crippen LogP contribution in [0.4, 0.5) is 11.6 Å². The van der Waals surface area contributed by atoms with E-state index in [-0.39, 0.29) is 12.5 Å². The van der Waals surface area contributed by atoms with E-state index in [1.54, 1.807) is 0 Å². The molecule has 76 valence electrons. The van der Waals surface area contributed by atoms with Crippen molar-refractivity contribution in [1.82, 2.24) is 15.3 Å². The quantitative estimate of drug-likeness (QED) is 0.608. The zero-order valence-corrected chi connectivity index (χ0v) is 7.95. The lowest BCUT2D eigenvalue weighted by Gasteiger charge is -2.04. The van der Waals surface area contributed by atoms with E-state index in [9.17, 15) is 4.79 Å². The van der Waals surface area contributed by atoms with Crippen LogP contribution in [0, 0.1) is 0 Å². The van der Waals surface area contributed by atoms with Crippen LogP contribution in [-0.2, 0) is 4.79 Å². The maximum absolute atomic E-state index is 11.0. The fraction of sp³-hybridized carbons (Fsp3) is 0.375. The lowest BCUT2D eigenvalue weighted by atomic mass is 10.5. The molecule has 0 aliphatic rings. The topological polar surface area (TPSA) is 92.9 Å². The highest BCUT2D eigenvalue weighted by atomic mass is 16.1. The van der Waals surface area contributed by atoms with Gasteiger partial charge in [-0.1, -0.05) is 0 Å². The van der Waals surface area contributed by atoms with Gasteiger partial charge in [0.05, 0.1) is 24.6 Å². The van der Waals surface area contributed by atoms with Gasteiger partial charge in [0.15, 0.2) is 0 Å². The van der Waals surface area contributed by atoms with Gasteiger partial charge in [-0.05, 0) is 6.92 Å². The fourth-order valence-electron chi connectivity index (χ4n) is 0.848. The van der Waals surface area contributed by atoms with Crippen LogP contribution in [-0.4, -0.2) is 29.0 Å². The number of hydrogen-bond acceptors (Lipinski definition) is 5. The number of amides is 1. The molecule has 1 rings (SSSR count). The highest BCUT2D eigenvalue weighted by molar-refractivity contribution is 5.80. The molecule has 0 radical (unpaired) electrons. The van der Waals surface area contributed by atoms with Crippen LogP contribution in [0.2, 0.25) is 0 Å². The molecular formula is C8H13N5O. The van der Waals surface area contributed by atoms with Crippen molar-refractivity contribution >= 4 is 17.5 Å². The molecule has 0 atom stereocenters. The molecule has 14 heavy (non-hydrogen) atoms. The van der Waals surface area contributed by atoms with Crippen molar-refractivity contribution in [2.75, 3.05) is 24.1 Å². The number of nitrogens with two attached hydrogens (primary N) is 1. The summed E-state index contributed by atoms with van der Waals surface area (Å²) in [7, 11) is 0. The minimum atomic E-state index is -0.0899. The van der Waals surface area contributed by atoms with Crippen LogP contribution in [0.25, 0.3) is 0 Å². The Morgan fingerprint density at radius 2 is 2.14 bits per heavy atom. The van der Waals surface area contributed by atoms with E-state index in [0.29, 0.717) is 18.2 Å². The molecule has 1 aromatic rings. The third kappa shape index (κ3) is 3.26. The SMILES string of the molecule is CCNC(=O)CNc1ncc(N)cn1. The van der Waals surface area contributed by atoms with E-state index < -0.39 is 0 Å². The first-order valence-corrected chi connectivity index (χ1v) is 4.30. The summed E-state index contributed by atoms with van der Waals surface area (Å²) in [5.74, 6) is 0.304. The summed E-state index contributed by atoms with van der Waals surface area (Å²) in [4.78, 5) is 18.8. The molecule has 1 amide bonds. The average molecular weight is 195 g/mol. The van der Waals surface area contributed by atoms with E-state index >= 15 is 0 Å². The van der Waals surface area contributed by atoms with Crippen molar-refractivity contribution in [2.45, 2.75) is 6.92 Å². The number of nitrogens with one attached hydrogen (secondary N) is 2. The van der Waals surface area contributed by atoms with E-state index in [4.69, 9.17) is 5.73 Å². The molecular weight excluding hydrogens is 182 g/mol. The van der Waals surface area contributed by atoms with E-state index in [2.05, 4.69) is 20.6 Å². The molecule has 0 bridgehead atoms. The normalized spacial score (nSPS) is 9.50. The number of likely N-dealkylation sites (N-methyl/N-ethyl adjacent to an activating group) is 1. The maximum atomic E-state index is 11.0. The van der Waals surface area contributed by atoms with E-state index in [1.165, 1.54) is 12.4 Å². The molecule has 6 nitrogen and oxygen atoms in total. The second-order valence-electron chi connectivity index (χ2n) is 2.65. The second kappa shape index (κ2) is 5.00. The van der Waals surface area contributed by atoms with Crippen molar-refractivity contribution in [2.24, 2.45) is 0 Å². The summed E-state index contributed by atoms with van der Waals surface area (Å²) in [6.07, 6.45) is 2.96. The Hall–Kier alpha value is -1.85. The van der Waals surface area contributed by atoms with Gasteiger partial charge in [0.2, 0.25) is 11.9 Å². The Bertz CT molecular complexity index is 297. The minimum Gasteiger partial charge on any atom is -0.396 e. The van der Waals surface area contributed by atoms with Crippen LogP contribution >= 0.6 is 0 Å². The van der Waals surface area contributed by atoms with Crippen molar-refractivity contribution < 1.29 is 4.79 Å². The molecule has 0 saturated carbocycles. The number of aromatic nitrogens is 2. The lowest BCUT2D eigenvalue weighted by molar-refractivity contribution is -0.119. The van der Waals surface area contributed by atoms with Crippen molar-refractivity contribution in [3.05, 3.63) is 12.4 Å². The summed E-state index contributed by atoms with van der Waals surface area (Å²) < 4.78 is 0. The number of carbonyl (C=O) groups is 1. The third-order valence-electron chi connectivity index (χ3n) is 1.45. The van der Waals surface area contributed by atoms with Gasteiger partial charge in [-0.3, -0.25) is 4.79 Å². The number of anilines is 2. The maximum Gasteiger partial charge on any atom is 0.239 e. The monoisotopic (exact) mass is 195 g/mol. The van der Waals surface area contributed by atoms with Gasteiger partial charge >= 0.3 is 0 Å². The molecule has 0 unspecified atom stereocenters. The Morgan fingerprint density at radius 3 is 2.71 bits per heavy atom. The highest BCUT2D eigenvalue weighted by Crippen LogP contribution is 1.99. The molecule has 0 saturated heterocycles. The Kier molecular flexibility index (Phi) is 3.66. The van der Waals surface area contributed by atoms with Gasteiger partial charge in [-0.25, -0.2) is 9.97 Å². The van der Waals surface area contributed by atoms with E-state index in [0.717, 1.165) is 0 Å². The first-order chi connectivity index (χ1) is 6.72. The first kappa shape index (κ1) is 10.2. The Balaban J connectivity index is 2.38. The van der Waals surface area contributed by atoms with Crippen LogP contribution in [0.1, 0.15) is 6.92 Å². The first-order valence-electron chi connectivity index (χ1n) is 4.30. The Morgan fingerprint density at radius 1 is 1.50 bits per heavy atom. The largest absolute Gasteiger partial charge is 0.396 e. The van der Waals surface area contributed by atoms with Crippen molar-refractivity contribution in [3.8, 4) is 0 Å². The number of nitrogens with zero attached hydrogens (tertiary/aromatic N) is 2. The summed E-state index contributed by atoms with van der Waals surface area (Å²) >= 11 is 0. The summed E-state index contributed by atoms with van der Waals surface area (Å²) in [6.45, 7) is 2.64. The molecule has 4 N–H and O–H groups in total. The average Bonchev–Trinajstić information content (AvgIpc) is 2.17. The number of hydrogen-bond donors (Lipinski definition) is 3. The fourth-order valence-corrected chi connectivity index (χ4v) is 0.848. The highest BCUT2D eigenvalue weighted by Gasteiger charge is 1.99. The molecule has 0 aliphatic carbocycles. The Labute approximate surface area is 81.9 Å². The van der Waals surface area contributed by atoms with Crippen LogP contribution in [0.3, 0.4) is 0 Å². The number of carbonyl (C=O) groups excluding carboxylic acids is 1. The summed E-state index contributed by atoms with van der Waals surface area (Å²) in [5.41, 5.74) is 5.89. The standard InChI is InChI=1S/C8H13N5O/c1-2-10-7(14)5-13-8-11-3-6(9)4-12-8/h3-4H,2,5,9H2,1H3,(H,10,14)(H,11,12,13). The molecule has 1 aromatic heterocycles. The van der Waals surface area contributed by atoms with Crippen LogP contribution in [0.5, 0.6) is 0 Å². The zero-order chi connectivity index (χ0) is 10.4. The third-order valence-corrected chi connectivity index (χ3v) is 1.45. The van der Waals surface area contributed by atoms with Gasteiger partial charge in [0.1, 0.15) is 0 Å². The van der Waals surface area contributed by atoms with Gasteiger partial charge in [0, 0.05) is 6.54 Å². The smallest absolute Gasteiger partial charge is 0.239 e. The molecule has 0 spiro atoms. The van der Waals surface area contributed by atoms with Gasteiger partial charge in [-0.2, -0.15) is 0 Å². The lowest BCUT2D eigenvalue weighted by Crippen LogP contribution is -2.29. The molecule has 6 heteroatoms. The van der Waals surface area contributed by atoms with Gasteiger partial charge < -0.3 is 16.4 Å². The number of nitrogen functional groups attached to an aromatic ring is 1. The number of rotatable bonds is 4. The molecule has 0 fully saturated rings. The van der Waals surface area contributed by atoms with Gasteiger partial charge in [0.25, 0.3) is 0 Å². The van der Waals surface area contributed by atoms with Crippen LogP contribution < -0.4 is 16.4 Å². The zero-order valence-electron chi connectivity index (χ0n) is 7.95. The summed E-state index contributed by atoms with van der Waals surface area (Å²) in [6, 6.07) is 0. The molecule has 0 aliphatic heterocycles. The molecule has 1 heterocycles. The second-order valence-corrected chi connectivity index (χ2v) is 2.65. The van der Waals surface area contributed by atoms with Gasteiger partial charge in [-0.15, -0.1) is 0 Å². The van der Waals surface area contributed by atoms with Crippen LogP contribution in [0.15, 0.2) is 12.4 Å². The van der Waals surface area contributed by atoms with E-state index in [1.807, 2.05) is 6.92 Å². The molecule has 0 aromatic carbocycles. The van der Waals surface area contributed by atoms with Crippen molar-refractivity contribution in [3.63, 3.8) is 0 Å². The van der Waals surface area contributed by atoms with Crippen molar-refractivity contribution in [1.29, 1.82) is 0 Å². The summed E-state index contributed by atoms with van der Waals surface area (Å²) in [5, 5.41) is 5.41. The predicted molar refractivity (Wildman–Crippen MR) is 53.6 cm³/mol. The predicted octanol–water partition coefficient (Wildman–Crippen LogP) is -0.393. The minimum absolute atomic E-state index is 0.0899.